The molecule has 0 aliphatic heterocycles. The van der Waals surface area contributed by atoms with Crippen molar-refractivity contribution in [2.75, 3.05) is 0 Å². The van der Waals surface area contributed by atoms with Gasteiger partial charge in [0.25, 0.3) is 0 Å². The average Bonchev–Trinajstić information content (AvgIpc) is 2.32. The third-order valence-corrected chi connectivity index (χ3v) is 4.59. The van der Waals surface area contributed by atoms with Gasteiger partial charge in [0.15, 0.2) is 0 Å². The predicted molar refractivity (Wildman–Crippen MR) is 85.1 cm³/mol. The van der Waals surface area contributed by atoms with Gasteiger partial charge in [-0.25, -0.2) is 4.98 Å². The number of aromatic nitrogens is 1. The van der Waals surface area contributed by atoms with E-state index in [9.17, 15) is 0 Å². The summed E-state index contributed by atoms with van der Waals surface area (Å²) in [6, 6.07) is 12.6. The van der Waals surface area contributed by atoms with Crippen LogP contribution in [-0.4, -0.2) is 9.73 Å². The van der Waals surface area contributed by atoms with Gasteiger partial charge >= 0.3 is 0 Å². The monoisotopic (exact) mass is 289 g/mol. The fourth-order valence-electron chi connectivity index (χ4n) is 1.65. The molecule has 0 spiro atoms. The molecule has 1 nitrogen and oxygen atoms in total. The molecule has 0 fully saturated rings. The Morgan fingerprint density at radius 3 is 2.26 bits per heavy atom. The van der Waals surface area contributed by atoms with Crippen molar-refractivity contribution in [1.29, 1.82) is 0 Å². The summed E-state index contributed by atoms with van der Waals surface area (Å²) in [5.41, 5.74) is 1.24. The van der Waals surface area contributed by atoms with E-state index in [2.05, 4.69) is 63.0 Å². The minimum Gasteiger partial charge on any atom is -0.248 e. The smallest absolute Gasteiger partial charge is 0.104 e. The van der Waals surface area contributed by atoms with Gasteiger partial charge in [-0.05, 0) is 30.7 Å². The van der Waals surface area contributed by atoms with Crippen molar-refractivity contribution in [1.82, 2.24) is 4.98 Å². The summed E-state index contributed by atoms with van der Waals surface area (Å²) < 4.78 is 0.224. The largest absolute Gasteiger partial charge is 0.248 e. The maximum Gasteiger partial charge on any atom is 0.104 e. The number of hydrogen-bond donors (Lipinski definition) is 0. The second kappa shape index (κ2) is 6.02. The van der Waals surface area contributed by atoms with E-state index in [-0.39, 0.29) is 4.75 Å². The predicted octanol–water partition coefficient (Wildman–Crippen LogP) is 5.43. The molecule has 0 aliphatic carbocycles. The Hall–Kier alpha value is -0.930. The molecule has 1 heterocycles. The van der Waals surface area contributed by atoms with Crippen LogP contribution in [0, 0.1) is 6.92 Å². The van der Waals surface area contributed by atoms with Gasteiger partial charge in [-0.1, -0.05) is 50.7 Å². The zero-order valence-electron chi connectivity index (χ0n) is 11.8. The van der Waals surface area contributed by atoms with Crippen LogP contribution in [0.4, 0.5) is 0 Å². The van der Waals surface area contributed by atoms with Gasteiger partial charge in [-0.2, -0.15) is 0 Å². The van der Waals surface area contributed by atoms with Gasteiger partial charge in [0.2, 0.25) is 0 Å². The van der Waals surface area contributed by atoms with Crippen LogP contribution in [0.15, 0.2) is 57.4 Å². The molecule has 0 saturated carbocycles. The minimum absolute atomic E-state index is 0.224. The number of benzene rings is 1. The summed E-state index contributed by atoms with van der Waals surface area (Å²) in [5.74, 6) is 0. The van der Waals surface area contributed by atoms with E-state index in [1.165, 1.54) is 15.4 Å². The van der Waals surface area contributed by atoms with Gasteiger partial charge < -0.3 is 0 Å². The third-order valence-electron chi connectivity index (χ3n) is 2.39. The SMILES string of the molecule is Cc1cc(SC(C)(C)C)cnc1Sc1ccccc1. The standard InChI is InChI=1S/C16H19NS2/c1-12-10-14(19-16(2,3)4)11-17-15(12)18-13-8-6-5-7-9-13/h5-11H,1-4H3. The van der Waals surface area contributed by atoms with Gasteiger partial charge in [0.05, 0.1) is 0 Å². The van der Waals surface area contributed by atoms with Crippen molar-refractivity contribution in [2.45, 2.75) is 47.3 Å². The number of nitrogens with zero attached hydrogens (tertiary/aromatic N) is 1. The zero-order valence-corrected chi connectivity index (χ0v) is 13.4. The normalized spacial score (nSPS) is 11.6. The van der Waals surface area contributed by atoms with Crippen LogP contribution in [0.5, 0.6) is 0 Å². The molecular weight excluding hydrogens is 270 g/mol. The first kappa shape index (κ1) is 14.5. The Labute approximate surface area is 124 Å². The van der Waals surface area contributed by atoms with Crippen molar-refractivity contribution < 1.29 is 0 Å². The maximum absolute atomic E-state index is 4.60. The molecule has 19 heavy (non-hydrogen) atoms. The lowest BCUT2D eigenvalue weighted by atomic mass is 10.3. The highest BCUT2D eigenvalue weighted by atomic mass is 32.2. The highest BCUT2D eigenvalue weighted by Gasteiger charge is 2.13. The van der Waals surface area contributed by atoms with E-state index in [1.807, 2.05) is 24.0 Å². The third kappa shape index (κ3) is 4.59. The van der Waals surface area contributed by atoms with E-state index in [0.29, 0.717) is 0 Å². The van der Waals surface area contributed by atoms with Crippen LogP contribution in [0.2, 0.25) is 0 Å². The summed E-state index contributed by atoms with van der Waals surface area (Å²) in [7, 11) is 0. The summed E-state index contributed by atoms with van der Waals surface area (Å²) in [6.45, 7) is 8.80. The summed E-state index contributed by atoms with van der Waals surface area (Å²) in [6.07, 6.45) is 1.98. The lowest BCUT2D eigenvalue weighted by Crippen LogP contribution is -2.06. The fraction of sp³-hybridized carbons (Fsp3) is 0.312. The van der Waals surface area contributed by atoms with E-state index in [1.54, 1.807) is 11.8 Å². The Kier molecular flexibility index (Phi) is 4.58. The second-order valence-corrected chi connectivity index (χ2v) is 8.39. The number of thioether (sulfide) groups is 1. The lowest BCUT2D eigenvalue weighted by molar-refractivity contribution is 0.801. The van der Waals surface area contributed by atoms with E-state index < -0.39 is 0 Å². The van der Waals surface area contributed by atoms with Crippen LogP contribution < -0.4 is 0 Å². The molecule has 2 aromatic rings. The van der Waals surface area contributed by atoms with Gasteiger partial charge in [-0.3, -0.25) is 0 Å². The van der Waals surface area contributed by atoms with Crippen molar-refractivity contribution in [3.8, 4) is 0 Å². The highest BCUT2D eigenvalue weighted by Crippen LogP contribution is 2.34. The molecule has 0 N–H and O–H groups in total. The van der Waals surface area contributed by atoms with E-state index in [0.717, 1.165) is 5.03 Å². The van der Waals surface area contributed by atoms with Gasteiger partial charge in [0, 0.05) is 20.7 Å². The minimum atomic E-state index is 0.224. The molecule has 0 atom stereocenters. The quantitative estimate of drug-likeness (QED) is 0.699. The van der Waals surface area contributed by atoms with E-state index >= 15 is 0 Å². The van der Waals surface area contributed by atoms with E-state index in [4.69, 9.17) is 0 Å². The Morgan fingerprint density at radius 2 is 1.68 bits per heavy atom. The molecule has 100 valence electrons. The second-order valence-electron chi connectivity index (χ2n) is 5.42. The molecule has 0 unspecified atom stereocenters. The maximum atomic E-state index is 4.60. The molecule has 0 amide bonds. The fourth-order valence-corrected chi connectivity index (χ4v) is 3.54. The first-order valence-electron chi connectivity index (χ1n) is 6.33. The number of rotatable bonds is 3. The van der Waals surface area contributed by atoms with Crippen LogP contribution in [-0.2, 0) is 0 Å². The van der Waals surface area contributed by atoms with Gasteiger partial charge in [-0.15, -0.1) is 11.8 Å². The first-order valence-corrected chi connectivity index (χ1v) is 7.96. The average molecular weight is 289 g/mol. The van der Waals surface area contributed by atoms with Crippen molar-refractivity contribution >= 4 is 23.5 Å². The highest BCUT2D eigenvalue weighted by molar-refractivity contribution is 8.00. The van der Waals surface area contributed by atoms with Crippen molar-refractivity contribution in [3.63, 3.8) is 0 Å². The van der Waals surface area contributed by atoms with Crippen LogP contribution >= 0.6 is 23.5 Å². The summed E-state index contributed by atoms with van der Waals surface area (Å²) >= 11 is 3.58. The topological polar surface area (TPSA) is 12.9 Å². The number of aryl methyl sites for hydroxylation is 1. The molecule has 0 bridgehead atoms. The van der Waals surface area contributed by atoms with Crippen molar-refractivity contribution in [3.05, 3.63) is 48.2 Å². The Balaban J connectivity index is 2.16. The molecule has 0 aliphatic rings. The molecule has 3 heteroatoms. The summed E-state index contributed by atoms with van der Waals surface area (Å²) in [5, 5.41) is 1.09. The van der Waals surface area contributed by atoms with Crippen LogP contribution in [0.25, 0.3) is 0 Å². The zero-order chi connectivity index (χ0) is 13.9. The molecule has 2 rings (SSSR count). The lowest BCUT2D eigenvalue weighted by Gasteiger charge is -2.17. The Bertz CT molecular complexity index is 544. The molecule has 0 saturated heterocycles. The molecule has 1 aromatic carbocycles. The molecule has 1 aromatic heterocycles. The first-order chi connectivity index (χ1) is 8.94. The van der Waals surface area contributed by atoms with Crippen LogP contribution in [0.3, 0.4) is 0 Å². The summed E-state index contributed by atoms with van der Waals surface area (Å²) in [4.78, 5) is 7.07. The number of pyridine rings is 1. The Morgan fingerprint density at radius 1 is 1.00 bits per heavy atom. The van der Waals surface area contributed by atoms with Gasteiger partial charge in [0.1, 0.15) is 5.03 Å². The van der Waals surface area contributed by atoms with Crippen LogP contribution in [0.1, 0.15) is 26.3 Å². The van der Waals surface area contributed by atoms with Crippen molar-refractivity contribution in [2.24, 2.45) is 0 Å². The number of hydrogen-bond acceptors (Lipinski definition) is 3. The molecule has 0 radical (unpaired) electrons. The molecular formula is C16H19NS2.